The fraction of sp³-hybridized carbons (Fsp3) is 0.267. The van der Waals surface area contributed by atoms with Gasteiger partial charge in [0.25, 0.3) is 0 Å². The van der Waals surface area contributed by atoms with Crippen molar-refractivity contribution in [3.8, 4) is 0 Å². The van der Waals surface area contributed by atoms with Crippen LogP contribution in [0.5, 0.6) is 0 Å². The monoisotopic (exact) mass is 576 g/mol. The van der Waals surface area contributed by atoms with Gasteiger partial charge in [-0.1, -0.05) is 23.2 Å². The number of carbonyl (C=O) groups is 2. The van der Waals surface area contributed by atoms with E-state index in [2.05, 4.69) is 0 Å². The van der Waals surface area contributed by atoms with E-state index >= 15 is 0 Å². The number of nitrogen functional groups attached to an aromatic ring is 2. The number of rotatable bonds is 4. The lowest BCUT2D eigenvalue weighted by atomic mass is 9.90. The number of fused-ring (bicyclic) bond motifs is 4. The maximum atomic E-state index is 12.7. The summed E-state index contributed by atoms with van der Waals surface area (Å²) in [4.78, 5) is 34.9. The van der Waals surface area contributed by atoms with Gasteiger partial charge in [-0.2, -0.15) is 0 Å². The van der Waals surface area contributed by atoms with Gasteiger partial charge in [0.1, 0.15) is 12.2 Å². The number of nitrogens with zero attached hydrogens (tertiary/aromatic N) is 2. The van der Waals surface area contributed by atoms with Crippen LogP contribution in [-0.2, 0) is 31.9 Å². The topological polar surface area (TPSA) is 130 Å². The van der Waals surface area contributed by atoms with Gasteiger partial charge in [0.2, 0.25) is 0 Å². The van der Waals surface area contributed by atoms with E-state index in [1.807, 2.05) is 12.1 Å². The molecule has 0 fully saturated rings. The summed E-state index contributed by atoms with van der Waals surface area (Å²) in [6, 6.07) is 10.7. The number of carbonyl (C=O) groups excluding carboxylic acids is 2. The van der Waals surface area contributed by atoms with Crippen LogP contribution in [0.25, 0.3) is 21.8 Å². The first-order valence-corrected chi connectivity index (χ1v) is 13.9. The Hall–Kier alpha value is -3.88. The average Bonchev–Trinajstić information content (AvgIpc) is 2.91. The number of aromatic nitrogens is 2. The summed E-state index contributed by atoms with van der Waals surface area (Å²) in [5.74, 6) is -1.34. The highest BCUT2D eigenvalue weighted by Crippen LogP contribution is 2.41. The third-order valence-corrected chi connectivity index (χ3v) is 7.96. The largest absolute Gasteiger partial charge is 0.454 e. The lowest BCUT2D eigenvalue weighted by Gasteiger charge is -2.27. The molecule has 0 saturated heterocycles. The number of anilines is 2. The van der Waals surface area contributed by atoms with E-state index in [1.165, 1.54) is 0 Å². The predicted molar refractivity (Wildman–Crippen MR) is 155 cm³/mol. The number of aryl methyl sites for hydroxylation is 2. The minimum atomic E-state index is -0.668. The van der Waals surface area contributed by atoms with Crippen molar-refractivity contribution >= 4 is 68.3 Å². The Labute approximate surface area is 240 Å². The van der Waals surface area contributed by atoms with Crippen LogP contribution in [0, 0.1) is 0 Å². The highest BCUT2D eigenvalue weighted by Gasteiger charge is 2.30. The number of ether oxygens (including phenoxy) is 2. The van der Waals surface area contributed by atoms with E-state index in [4.69, 9.17) is 54.1 Å². The lowest BCUT2D eigenvalue weighted by molar-refractivity contribution is -0.146. The Morgan fingerprint density at radius 3 is 1.60 bits per heavy atom. The molecule has 0 bridgehead atoms. The van der Waals surface area contributed by atoms with Crippen molar-refractivity contribution in [2.45, 2.75) is 50.7 Å². The van der Waals surface area contributed by atoms with Gasteiger partial charge >= 0.3 is 11.9 Å². The Kier molecular flexibility index (Phi) is 6.98. The molecule has 4 aromatic rings. The second-order valence-electron chi connectivity index (χ2n) is 10.1. The van der Waals surface area contributed by atoms with Crippen molar-refractivity contribution in [2.75, 3.05) is 11.5 Å². The van der Waals surface area contributed by atoms with Crippen molar-refractivity contribution in [2.24, 2.45) is 0 Å². The maximum absolute atomic E-state index is 12.7. The second kappa shape index (κ2) is 10.6. The van der Waals surface area contributed by atoms with Crippen molar-refractivity contribution in [1.29, 1.82) is 0 Å². The van der Waals surface area contributed by atoms with Crippen LogP contribution in [-0.4, -0.2) is 21.9 Å². The van der Waals surface area contributed by atoms with Crippen LogP contribution < -0.4 is 11.5 Å². The predicted octanol–water partition coefficient (Wildman–Crippen LogP) is 6.35. The van der Waals surface area contributed by atoms with Gasteiger partial charge in [-0.05, 0) is 74.9 Å². The van der Waals surface area contributed by atoms with Crippen molar-refractivity contribution in [1.82, 2.24) is 9.97 Å². The molecule has 2 aromatic heterocycles. The molecule has 2 aliphatic rings. The zero-order chi connectivity index (χ0) is 28.0. The van der Waals surface area contributed by atoms with Crippen LogP contribution >= 0.6 is 23.2 Å². The van der Waals surface area contributed by atoms with Crippen LogP contribution in [0.2, 0.25) is 10.0 Å². The molecule has 6 rings (SSSR count). The summed E-state index contributed by atoms with van der Waals surface area (Å²) in [6.45, 7) is 0. The third kappa shape index (κ3) is 4.93. The molecule has 0 aliphatic heterocycles. The Morgan fingerprint density at radius 1 is 0.750 bits per heavy atom. The molecular formula is C30H26Cl2N4O4. The fourth-order valence-corrected chi connectivity index (χ4v) is 6.02. The number of benzene rings is 2. The van der Waals surface area contributed by atoms with Crippen molar-refractivity contribution in [3.05, 3.63) is 81.1 Å². The molecule has 2 aromatic carbocycles. The summed E-state index contributed by atoms with van der Waals surface area (Å²) in [7, 11) is 0. The number of hydrogen-bond acceptors (Lipinski definition) is 8. The van der Waals surface area contributed by atoms with E-state index in [-0.39, 0.29) is 0 Å². The van der Waals surface area contributed by atoms with E-state index in [0.29, 0.717) is 56.4 Å². The average molecular weight is 577 g/mol. The molecule has 40 heavy (non-hydrogen) atoms. The highest BCUT2D eigenvalue weighted by atomic mass is 35.5. The first-order valence-electron chi connectivity index (χ1n) is 13.1. The molecule has 10 heteroatoms. The fourth-order valence-electron chi connectivity index (χ4n) is 5.69. The van der Waals surface area contributed by atoms with Crippen LogP contribution in [0.3, 0.4) is 0 Å². The second-order valence-corrected chi connectivity index (χ2v) is 10.9. The van der Waals surface area contributed by atoms with Gasteiger partial charge in [-0.15, -0.1) is 0 Å². The smallest absolute Gasteiger partial charge is 0.331 e. The van der Waals surface area contributed by atoms with E-state index in [9.17, 15) is 9.59 Å². The summed E-state index contributed by atoms with van der Waals surface area (Å²) < 4.78 is 11.4. The zero-order valence-electron chi connectivity index (χ0n) is 21.5. The normalized spacial score (nSPS) is 18.4. The van der Waals surface area contributed by atoms with Crippen LogP contribution in [0.15, 0.2) is 48.6 Å². The molecule has 4 N–H and O–H groups in total. The minimum absolute atomic E-state index is 0.523. The van der Waals surface area contributed by atoms with Gasteiger partial charge in [-0.3, -0.25) is 9.97 Å². The van der Waals surface area contributed by atoms with E-state index in [0.717, 1.165) is 60.0 Å². The van der Waals surface area contributed by atoms with E-state index in [1.54, 1.807) is 24.3 Å². The molecule has 2 aliphatic carbocycles. The number of hydrogen-bond donors (Lipinski definition) is 2. The van der Waals surface area contributed by atoms with Gasteiger partial charge in [-0.25, -0.2) is 9.59 Å². The van der Waals surface area contributed by atoms with Gasteiger partial charge in [0.15, 0.2) is 0 Å². The Morgan fingerprint density at radius 2 is 1.18 bits per heavy atom. The van der Waals surface area contributed by atoms with E-state index < -0.39 is 24.1 Å². The first kappa shape index (κ1) is 26.3. The molecule has 2 heterocycles. The summed E-state index contributed by atoms with van der Waals surface area (Å²) in [5.41, 5.74) is 18.4. The summed E-state index contributed by atoms with van der Waals surface area (Å²) in [5, 5.41) is 2.65. The number of nitrogens with two attached hydrogens (primary N) is 2. The zero-order valence-corrected chi connectivity index (χ0v) is 23.0. The van der Waals surface area contributed by atoms with Gasteiger partial charge in [0.05, 0.1) is 22.4 Å². The molecule has 204 valence electrons. The van der Waals surface area contributed by atoms with Crippen LogP contribution in [0.4, 0.5) is 11.4 Å². The third-order valence-electron chi connectivity index (χ3n) is 7.49. The van der Waals surface area contributed by atoms with Crippen molar-refractivity contribution in [3.63, 3.8) is 0 Å². The molecule has 0 spiro atoms. The van der Waals surface area contributed by atoms with Gasteiger partial charge in [0, 0.05) is 55.5 Å². The molecule has 8 nitrogen and oxygen atoms in total. The molecular weight excluding hydrogens is 551 g/mol. The van der Waals surface area contributed by atoms with Crippen LogP contribution in [0.1, 0.15) is 60.4 Å². The number of halogens is 2. The molecule has 2 atom stereocenters. The Bertz CT molecular complexity index is 1600. The molecule has 0 amide bonds. The first-order chi connectivity index (χ1) is 19.3. The Balaban J connectivity index is 1.17. The quantitative estimate of drug-likeness (QED) is 0.212. The highest BCUT2D eigenvalue weighted by molar-refractivity contribution is 6.31. The SMILES string of the molecule is Nc1c2c(nc3cc(Cl)ccc13)CCCC2OC(=O)/C=C\C(=O)OC1CCCc2nc3cc(Cl)ccc3c(N)c21. The minimum Gasteiger partial charge on any atom is -0.454 e. The number of esters is 2. The maximum Gasteiger partial charge on any atom is 0.331 e. The lowest BCUT2D eigenvalue weighted by Crippen LogP contribution is -2.20. The molecule has 0 saturated carbocycles. The molecule has 2 unspecified atom stereocenters. The van der Waals surface area contributed by atoms with Gasteiger partial charge < -0.3 is 20.9 Å². The molecule has 0 radical (unpaired) electrons. The van der Waals surface area contributed by atoms with Crippen molar-refractivity contribution < 1.29 is 19.1 Å². The summed E-state index contributed by atoms with van der Waals surface area (Å²) in [6.07, 6.45) is 5.24. The standard InChI is InChI=1S/C30H26Cl2N4O4/c31-15-7-9-17-21(13-15)35-19-3-1-5-23(27(19)29(17)33)39-25(37)11-12-26(38)40-24-6-2-4-20-28(24)30(34)18-10-8-16(32)14-22(18)36-20/h7-14,23-24H,1-6H2,(H2,33,35)(H2,34,36)/b12-11-. The summed E-state index contributed by atoms with van der Waals surface area (Å²) >= 11 is 12.3. The number of pyridine rings is 2.